The van der Waals surface area contributed by atoms with Gasteiger partial charge in [-0.25, -0.2) is 0 Å². The standard InChI is InChI=1S/C12H19ClN2O/c1-9(16-2)8-15-12(7-14)10-4-3-5-11(13)6-10/h3-6,9,12,15H,7-8,14H2,1-2H3. The minimum atomic E-state index is 0.122. The molecule has 0 aliphatic carbocycles. The van der Waals surface area contributed by atoms with Crippen LogP contribution in [0, 0.1) is 0 Å². The largest absolute Gasteiger partial charge is 0.380 e. The highest BCUT2D eigenvalue weighted by Gasteiger charge is 2.10. The van der Waals surface area contributed by atoms with E-state index in [1.165, 1.54) is 0 Å². The van der Waals surface area contributed by atoms with Crippen LogP contribution in [0.1, 0.15) is 18.5 Å². The van der Waals surface area contributed by atoms with Gasteiger partial charge in [0.15, 0.2) is 0 Å². The van der Waals surface area contributed by atoms with Crippen LogP contribution >= 0.6 is 11.6 Å². The fourth-order valence-corrected chi connectivity index (χ4v) is 1.65. The molecule has 0 bridgehead atoms. The minimum Gasteiger partial charge on any atom is -0.380 e. The van der Waals surface area contributed by atoms with E-state index in [-0.39, 0.29) is 12.1 Å². The van der Waals surface area contributed by atoms with Gasteiger partial charge in [0.25, 0.3) is 0 Å². The van der Waals surface area contributed by atoms with Crippen LogP contribution in [0.15, 0.2) is 24.3 Å². The highest BCUT2D eigenvalue weighted by Crippen LogP contribution is 2.16. The second kappa shape index (κ2) is 6.86. The van der Waals surface area contributed by atoms with E-state index in [2.05, 4.69) is 5.32 Å². The van der Waals surface area contributed by atoms with E-state index in [1.807, 2.05) is 31.2 Å². The second-order valence-electron chi connectivity index (χ2n) is 3.80. The Morgan fingerprint density at radius 3 is 2.81 bits per heavy atom. The third-order valence-corrected chi connectivity index (χ3v) is 2.78. The molecule has 3 N–H and O–H groups in total. The first kappa shape index (κ1) is 13.5. The van der Waals surface area contributed by atoms with E-state index in [9.17, 15) is 0 Å². The molecule has 1 aromatic rings. The molecule has 2 atom stereocenters. The Kier molecular flexibility index (Phi) is 5.77. The molecule has 0 radical (unpaired) electrons. The van der Waals surface area contributed by atoms with E-state index in [1.54, 1.807) is 7.11 Å². The molecule has 3 nitrogen and oxygen atoms in total. The zero-order valence-corrected chi connectivity index (χ0v) is 10.5. The SMILES string of the molecule is COC(C)CNC(CN)c1cccc(Cl)c1. The zero-order chi connectivity index (χ0) is 12.0. The van der Waals surface area contributed by atoms with Crippen LogP contribution in [0.4, 0.5) is 0 Å². The van der Waals surface area contributed by atoms with Crippen molar-refractivity contribution in [1.29, 1.82) is 0 Å². The van der Waals surface area contributed by atoms with Crippen LogP contribution in [0.3, 0.4) is 0 Å². The van der Waals surface area contributed by atoms with Crippen molar-refractivity contribution in [3.05, 3.63) is 34.9 Å². The maximum absolute atomic E-state index is 5.94. The summed E-state index contributed by atoms with van der Waals surface area (Å²) in [6.07, 6.45) is 0.174. The summed E-state index contributed by atoms with van der Waals surface area (Å²) in [7, 11) is 1.70. The number of methoxy groups -OCH3 is 1. The van der Waals surface area contributed by atoms with Gasteiger partial charge >= 0.3 is 0 Å². The number of ether oxygens (including phenoxy) is 1. The first-order chi connectivity index (χ1) is 7.67. The molecule has 0 spiro atoms. The molecule has 1 rings (SSSR count). The third-order valence-electron chi connectivity index (χ3n) is 2.54. The van der Waals surface area contributed by atoms with E-state index in [0.29, 0.717) is 6.54 Å². The van der Waals surface area contributed by atoms with E-state index >= 15 is 0 Å². The van der Waals surface area contributed by atoms with Gasteiger partial charge in [-0.15, -0.1) is 0 Å². The van der Waals surface area contributed by atoms with Gasteiger partial charge in [-0.3, -0.25) is 0 Å². The normalized spacial score (nSPS) is 14.8. The fourth-order valence-electron chi connectivity index (χ4n) is 1.45. The monoisotopic (exact) mass is 242 g/mol. The summed E-state index contributed by atoms with van der Waals surface area (Å²) in [4.78, 5) is 0. The summed E-state index contributed by atoms with van der Waals surface area (Å²) in [5.74, 6) is 0. The van der Waals surface area contributed by atoms with E-state index < -0.39 is 0 Å². The smallest absolute Gasteiger partial charge is 0.0667 e. The summed E-state index contributed by atoms with van der Waals surface area (Å²) in [5.41, 5.74) is 6.85. The highest BCUT2D eigenvalue weighted by molar-refractivity contribution is 6.30. The number of hydrogen-bond acceptors (Lipinski definition) is 3. The Morgan fingerprint density at radius 2 is 2.25 bits per heavy atom. The van der Waals surface area contributed by atoms with Crippen LogP contribution in [0.25, 0.3) is 0 Å². The van der Waals surface area contributed by atoms with Crippen LogP contribution in [-0.4, -0.2) is 26.3 Å². The molecular weight excluding hydrogens is 224 g/mol. The number of halogens is 1. The maximum atomic E-state index is 5.94. The van der Waals surface area contributed by atoms with Gasteiger partial charge in [0.1, 0.15) is 0 Å². The fraction of sp³-hybridized carbons (Fsp3) is 0.500. The lowest BCUT2D eigenvalue weighted by molar-refractivity contribution is 0.114. The van der Waals surface area contributed by atoms with E-state index in [0.717, 1.165) is 17.1 Å². The molecule has 90 valence electrons. The van der Waals surface area contributed by atoms with Crippen molar-refractivity contribution in [2.75, 3.05) is 20.2 Å². The summed E-state index contributed by atoms with van der Waals surface area (Å²) >= 11 is 5.94. The molecule has 0 amide bonds. The van der Waals surface area contributed by atoms with Crippen molar-refractivity contribution in [1.82, 2.24) is 5.32 Å². The third kappa shape index (κ3) is 4.10. The van der Waals surface area contributed by atoms with Crippen molar-refractivity contribution in [2.45, 2.75) is 19.1 Å². The van der Waals surface area contributed by atoms with Gasteiger partial charge in [-0.05, 0) is 24.6 Å². The van der Waals surface area contributed by atoms with Crippen LogP contribution < -0.4 is 11.1 Å². The summed E-state index contributed by atoms with van der Waals surface area (Å²) in [6, 6.07) is 7.87. The van der Waals surface area contributed by atoms with Crippen molar-refractivity contribution >= 4 is 11.6 Å². The lowest BCUT2D eigenvalue weighted by Gasteiger charge is -2.19. The van der Waals surface area contributed by atoms with Gasteiger partial charge < -0.3 is 15.8 Å². The van der Waals surface area contributed by atoms with Crippen LogP contribution in [0.5, 0.6) is 0 Å². The van der Waals surface area contributed by atoms with Gasteiger partial charge in [-0.1, -0.05) is 23.7 Å². The number of rotatable bonds is 6. The molecule has 0 heterocycles. The highest BCUT2D eigenvalue weighted by atomic mass is 35.5. The van der Waals surface area contributed by atoms with Gasteiger partial charge in [0.05, 0.1) is 6.10 Å². The predicted octanol–water partition coefficient (Wildman–Crippen LogP) is 1.96. The average Bonchev–Trinajstić information content (AvgIpc) is 2.29. The van der Waals surface area contributed by atoms with Crippen molar-refractivity contribution in [3.63, 3.8) is 0 Å². The Morgan fingerprint density at radius 1 is 1.50 bits per heavy atom. The summed E-state index contributed by atoms with van der Waals surface area (Å²) in [5, 5.41) is 4.09. The maximum Gasteiger partial charge on any atom is 0.0667 e. The van der Waals surface area contributed by atoms with Gasteiger partial charge in [0.2, 0.25) is 0 Å². The summed E-state index contributed by atoms with van der Waals surface area (Å²) in [6.45, 7) is 3.32. The molecule has 1 aromatic carbocycles. The second-order valence-corrected chi connectivity index (χ2v) is 4.23. The van der Waals surface area contributed by atoms with Crippen LogP contribution in [-0.2, 0) is 4.74 Å². The lowest BCUT2D eigenvalue weighted by Crippen LogP contribution is -2.33. The van der Waals surface area contributed by atoms with Crippen molar-refractivity contribution < 1.29 is 4.74 Å². The molecule has 0 fully saturated rings. The van der Waals surface area contributed by atoms with Crippen molar-refractivity contribution in [2.24, 2.45) is 5.73 Å². The Labute approximate surface area is 102 Å². The quantitative estimate of drug-likeness (QED) is 0.802. The van der Waals surface area contributed by atoms with Crippen molar-refractivity contribution in [3.8, 4) is 0 Å². The molecule has 4 heteroatoms. The van der Waals surface area contributed by atoms with E-state index in [4.69, 9.17) is 22.1 Å². The average molecular weight is 243 g/mol. The molecule has 0 aliphatic rings. The Bertz CT molecular complexity index is 320. The minimum absolute atomic E-state index is 0.122. The molecule has 2 unspecified atom stereocenters. The number of benzene rings is 1. The first-order valence-corrected chi connectivity index (χ1v) is 5.77. The Balaban J connectivity index is 2.60. The molecular formula is C12H19ClN2O. The topological polar surface area (TPSA) is 47.3 Å². The number of hydrogen-bond donors (Lipinski definition) is 2. The van der Waals surface area contributed by atoms with Gasteiger partial charge in [0, 0.05) is 31.3 Å². The first-order valence-electron chi connectivity index (χ1n) is 5.39. The molecule has 0 aromatic heterocycles. The number of nitrogens with one attached hydrogen (secondary N) is 1. The molecule has 16 heavy (non-hydrogen) atoms. The Hall–Kier alpha value is -0.610. The van der Waals surface area contributed by atoms with Crippen LogP contribution in [0.2, 0.25) is 5.02 Å². The van der Waals surface area contributed by atoms with Gasteiger partial charge in [-0.2, -0.15) is 0 Å². The lowest BCUT2D eigenvalue weighted by atomic mass is 10.1. The zero-order valence-electron chi connectivity index (χ0n) is 9.74. The molecule has 0 saturated heterocycles. The number of nitrogens with two attached hydrogens (primary N) is 1. The summed E-state index contributed by atoms with van der Waals surface area (Å²) < 4.78 is 5.18. The molecule has 0 aliphatic heterocycles. The molecule has 0 saturated carbocycles. The predicted molar refractivity (Wildman–Crippen MR) is 67.7 cm³/mol.